The number of nitrogens with zero attached hydrogens (tertiary/aromatic N) is 1. The van der Waals surface area contributed by atoms with Crippen LogP contribution < -0.4 is 0 Å². The van der Waals surface area contributed by atoms with E-state index in [0.29, 0.717) is 5.92 Å². The smallest absolute Gasteiger partial charge is 0.407 e. The average Bonchev–Trinajstić information content (AvgIpc) is 2.01. The molecule has 0 saturated heterocycles. The van der Waals surface area contributed by atoms with E-state index in [1.54, 1.807) is 7.05 Å². The minimum Gasteiger partial charge on any atom is -0.465 e. The first-order chi connectivity index (χ1) is 5.36. The summed E-state index contributed by atoms with van der Waals surface area (Å²) < 4.78 is 0. The fourth-order valence-electron chi connectivity index (χ4n) is 1.25. The van der Waals surface area contributed by atoms with Crippen LogP contribution in [0.4, 0.5) is 4.79 Å². The number of hydrogen-bond donors (Lipinski definition) is 1. The van der Waals surface area contributed by atoms with E-state index >= 15 is 0 Å². The Morgan fingerprint density at radius 2 is 2.00 bits per heavy atom. The summed E-state index contributed by atoms with van der Waals surface area (Å²) in [5, 5.41) is 8.82. The Kier molecular flexibility index (Phi) is 3.55. The van der Waals surface area contributed by atoms with E-state index in [2.05, 4.69) is 0 Å². The molecule has 1 N–H and O–H groups in total. The maximum absolute atomic E-state index is 10.7. The first kappa shape index (κ1) is 11.3. The lowest BCUT2D eigenvalue weighted by molar-refractivity contribution is 0.0721. The zero-order valence-corrected chi connectivity index (χ0v) is 8.59. The zero-order chi connectivity index (χ0) is 9.94. The highest BCUT2D eigenvalue weighted by Crippen LogP contribution is 2.26. The third-order valence-corrected chi connectivity index (χ3v) is 3.01. The molecular weight excluding hydrogens is 154 g/mol. The highest BCUT2D eigenvalue weighted by molar-refractivity contribution is 5.65. The molecular formula is C9H19NO2. The van der Waals surface area contributed by atoms with Gasteiger partial charge < -0.3 is 10.0 Å². The van der Waals surface area contributed by atoms with E-state index in [1.165, 1.54) is 4.90 Å². The SMILES string of the molecule is CCC(C)(C(C)C)N(C)C(=O)O. The molecule has 0 aliphatic heterocycles. The molecule has 72 valence electrons. The third kappa shape index (κ3) is 1.90. The lowest BCUT2D eigenvalue weighted by Crippen LogP contribution is -2.50. The van der Waals surface area contributed by atoms with Crippen LogP contribution in [0.25, 0.3) is 0 Å². The molecule has 1 unspecified atom stereocenters. The van der Waals surface area contributed by atoms with Crippen molar-refractivity contribution in [2.24, 2.45) is 5.92 Å². The molecule has 0 rings (SSSR count). The van der Waals surface area contributed by atoms with Gasteiger partial charge in [-0.3, -0.25) is 0 Å². The molecule has 0 bridgehead atoms. The topological polar surface area (TPSA) is 40.5 Å². The Bertz CT molecular complexity index is 168. The van der Waals surface area contributed by atoms with Crippen molar-refractivity contribution in [3.05, 3.63) is 0 Å². The zero-order valence-electron chi connectivity index (χ0n) is 8.59. The van der Waals surface area contributed by atoms with E-state index in [0.717, 1.165) is 6.42 Å². The minimum atomic E-state index is -0.854. The van der Waals surface area contributed by atoms with Gasteiger partial charge in [0.1, 0.15) is 0 Å². The lowest BCUT2D eigenvalue weighted by atomic mass is 9.85. The van der Waals surface area contributed by atoms with E-state index in [-0.39, 0.29) is 5.54 Å². The van der Waals surface area contributed by atoms with Gasteiger partial charge in [-0.15, -0.1) is 0 Å². The number of hydrogen-bond acceptors (Lipinski definition) is 1. The van der Waals surface area contributed by atoms with Crippen molar-refractivity contribution in [3.8, 4) is 0 Å². The average molecular weight is 173 g/mol. The van der Waals surface area contributed by atoms with Crippen molar-refractivity contribution >= 4 is 6.09 Å². The molecule has 12 heavy (non-hydrogen) atoms. The second-order valence-corrected chi connectivity index (χ2v) is 3.71. The number of rotatable bonds is 3. The number of amides is 1. The van der Waals surface area contributed by atoms with E-state index in [1.807, 2.05) is 27.7 Å². The molecule has 0 fully saturated rings. The summed E-state index contributed by atoms with van der Waals surface area (Å²) in [6.07, 6.45) is -0.0129. The summed E-state index contributed by atoms with van der Waals surface area (Å²) in [6, 6.07) is 0. The Morgan fingerprint density at radius 3 is 2.08 bits per heavy atom. The van der Waals surface area contributed by atoms with Crippen molar-refractivity contribution < 1.29 is 9.90 Å². The third-order valence-electron chi connectivity index (χ3n) is 3.01. The second kappa shape index (κ2) is 3.78. The van der Waals surface area contributed by atoms with Crippen LogP contribution in [-0.4, -0.2) is 28.7 Å². The monoisotopic (exact) mass is 173 g/mol. The van der Waals surface area contributed by atoms with Gasteiger partial charge in [-0.05, 0) is 19.3 Å². The molecule has 1 atom stereocenters. The fourth-order valence-corrected chi connectivity index (χ4v) is 1.25. The van der Waals surface area contributed by atoms with Gasteiger partial charge in [-0.25, -0.2) is 4.79 Å². The van der Waals surface area contributed by atoms with Crippen LogP contribution in [0.15, 0.2) is 0 Å². The summed E-state index contributed by atoms with van der Waals surface area (Å²) in [5.74, 6) is 0.337. The molecule has 1 amide bonds. The van der Waals surface area contributed by atoms with Crippen LogP contribution >= 0.6 is 0 Å². The van der Waals surface area contributed by atoms with Crippen LogP contribution in [-0.2, 0) is 0 Å². The second-order valence-electron chi connectivity index (χ2n) is 3.71. The molecule has 0 heterocycles. The van der Waals surface area contributed by atoms with Crippen molar-refractivity contribution in [2.45, 2.75) is 39.7 Å². The van der Waals surface area contributed by atoms with Gasteiger partial charge in [0.2, 0.25) is 0 Å². The van der Waals surface area contributed by atoms with Crippen molar-refractivity contribution in [3.63, 3.8) is 0 Å². The summed E-state index contributed by atoms with van der Waals surface area (Å²) in [7, 11) is 1.63. The predicted octanol–water partition coefficient (Wildman–Crippen LogP) is 2.42. The quantitative estimate of drug-likeness (QED) is 0.712. The van der Waals surface area contributed by atoms with Crippen molar-refractivity contribution in [1.82, 2.24) is 4.90 Å². The summed E-state index contributed by atoms with van der Waals surface area (Å²) in [6.45, 7) is 8.08. The van der Waals surface area contributed by atoms with Gasteiger partial charge in [0, 0.05) is 12.6 Å². The first-order valence-corrected chi connectivity index (χ1v) is 4.33. The Labute approximate surface area is 74.4 Å². The van der Waals surface area contributed by atoms with Gasteiger partial charge in [-0.2, -0.15) is 0 Å². The highest BCUT2D eigenvalue weighted by Gasteiger charge is 2.33. The lowest BCUT2D eigenvalue weighted by Gasteiger charge is -2.40. The van der Waals surface area contributed by atoms with E-state index in [4.69, 9.17) is 5.11 Å². The molecule has 0 aromatic heterocycles. The highest BCUT2D eigenvalue weighted by atomic mass is 16.4. The van der Waals surface area contributed by atoms with E-state index < -0.39 is 6.09 Å². The maximum atomic E-state index is 10.7. The van der Waals surface area contributed by atoms with Gasteiger partial charge in [0.25, 0.3) is 0 Å². The van der Waals surface area contributed by atoms with Crippen LogP contribution in [0.3, 0.4) is 0 Å². The van der Waals surface area contributed by atoms with Crippen LogP contribution in [0.2, 0.25) is 0 Å². The van der Waals surface area contributed by atoms with Crippen molar-refractivity contribution in [1.29, 1.82) is 0 Å². The van der Waals surface area contributed by atoms with Gasteiger partial charge in [-0.1, -0.05) is 20.8 Å². The molecule has 0 aromatic rings. The molecule has 3 heteroatoms. The molecule has 3 nitrogen and oxygen atoms in total. The molecule has 0 aliphatic carbocycles. The largest absolute Gasteiger partial charge is 0.465 e. The first-order valence-electron chi connectivity index (χ1n) is 4.33. The minimum absolute atomic E-state index is 0.244. The number of carboxylic acid groups (broad SMARTS) is 1. The summed E-state index contributed by atoms with van der Waals surface area (Å²) >= 11 is 0. The van der Waals surface area contributed by atoms with Gasteiger partial charge >= 0.3 is 6.09 Å². The van der Waals surface area contributed by atoms with Crippen molar-refractivity contribution in [2.75, 3.05) is 7.05 Å². The van der Waals surface area contributed by atoms with Gasteiger partial charge in [0.05, 0.1) is 0 Å². The maximum Gasteiger partial charge on any atom is 0.407 e. The molecule has 0 aliphatic rings. The standard InChI is InChI=1S/C9H19NO2/c1-6-9(4,7(2)3)10(5)8(11)12/h7H,6H2,1-5H3,(H,11,12). The van der Waals surface area contributed by atoms with E-state index in [9.17, 15) is 4.79 Å². The molecule has 0 saturated carbocycles. The molecule has 0 spiro atoms. The Morgan fingerprint density at radius 1 is 1.58 bits per heavy atom. The fraction of sp³-hybridized carbons (Fsp3) is 0.889. The van der Waals surface area contributed by atoms with Crippen LogP contribution in [0.1, 0.15) is 34.1 Å². The number of carbonyl (C=O) groups is 1. The Balaban J connectivity index is 4.62. The normalized spacial score (nSPS) is 15.8. The van der Waals surface area contributed by atoms with Crippen LogP contribution in [0.5, 0.6) is 0 Å². The van der Waals surface area contributed by atoms with Crippen LogP contribution in [0, 0.1) is 5.92 Å². The summed E-state index contributed by atoms with van der Waals surface area (Å²) in [4.78, 5) is 12.1. The predicted molar refractivity (Wildman–Crippen MR) is 49.3 cm³/mol. The molecule has 0 aromatic carbocycles. The van der Waals surface area contributed by atoms with Gasteiger partial charge in [0.15, 0.2) is 0 Å². The molecule has 0 radical (unpaired) electrons. The Hall–Kier alpha value is -0.730. The summed E-state index contributed by atoms with van der Waals surface area (Å²) in [5.41, 5.74) is -0.244.